The number of benzene rings is 2. The average molecular weight is 349 g/mol. The van der Waals surface area contributed by atoms with E-state index in [-0.39, 0.29) is 23.9 Å². The summed E-state index contributed by atoms with van der Waals surface area (Å²) >= 11 is 0. The highest BCUT2D eigenvalue weighted by atomic mass is 35.5. The number of halogens is 2. The summed E-state index contributed by atoms with van der Waals surface area (Å²) in [5.74, 6) is -1.29. The van der Waals surface area contributed by atoms with Gasteiger partial charge in [-0.1, -0.05) is 18.2 Å². The summed E-state index contributed by atoms with van der Waals surface area (Å²) in [7, 11) is 0. The zero-order valence-electron chi connectivity index (χ0n) is 12.9. The fourth-order valence-corrected chi connectivity index (χ4v) is 2.82. The van der Waals surface area contributed by atoms with Crippen LogP contribution in [0.1, 0.15) is 22.5 Å². The number of fused-ring (bicyclic) bond motifs is 1. The molecule has 0 amide bonds. The van der Waals surface area contributed by atoms with Crippen molar-refractivity contribution in [2.24, 2.45) is 5.73 Å². The van der Waals surface area contributed by atoms with Gasteiger partial charge < -0.3 is 15.8 Å². The van der Waals surface area contributed by atoms with E-state index in [4.69, 9.17) is 5.73 Å². The van der Waals surface area contributed by atoms with Crippen molar-refractivity contribution in [3.63, 3.8) is 0 Å². The quantitative estimate of drug-likeness (QED) is 0.652. The van der Waals surface area contributed by atoms with Crippen LogP contribution in [0.5, 0.6) is 0 Å². The number of carboxylic acid groups (broad SMARTS) is 1. The lowest BCUT2D eigenvalue weighted by Gasteiger charge is -2.04. The van der Waals surface area contributed by atoms with Crippen LogP contribution < -0.4 is 5.73 Å². The highest BCUT2D eigenvalue weighted by Gasteiger charge is 2.17. The molecule has 4 nitrogen and oxygen atoms in total. The van der Waals surface area contributed by atoms with Gasteiger partial charge in [0.25, 0.3) is 0 Å². The van der Waals surface area contributed by atoms with E-state index in [1.807, 2.05) is 24.3 Å². The van der Waals surface area contributed by atoms with Gasteiger partial charge in [0.2, 0.25) is 0 Å². The smallest absolute Gasteiger partial charge is 0.352 e. The van der Waals surface area contributed by atoms with Gasteiger partial charge in [-0.3, -0.25) is 0 Å². The molecular weight excluding hydrogens is 331 g/mol. The molecule has 3 aromatic rings. The lowest BCUT2D eigenvalue weighted by Crippen LogP contribution is -2.05. The molecule has 2 aromatic carbocycles. The number of aromatic nitrogens is 1. The van der Waals surface area contributed by atoms with E-state index in [0.717, 1.165) is 27.6 Å². The molecule has 0 radical (unpaired) electrons. The van der Waals surface area contributed by atoms with Crippen molar-refractivity contribution in [1.82, 2.24) is 4.98 Å². The molecule has 0 fully saturated rings. The third kappa shape index (κ3) is 3.42. The average Bonchev–Trinajstić information content (AvgIpc) is 2.91. The molecule has 1 aromatic heterocycles. The summed E-state index contributed by atoms with van der Waals surface area (Å²) in [6.07, 6.45) is 1.29. The Hall–Kier alpha value is -2.37. The minimum atomic E-state index is -0.986. The molecule has 0 aliphatic heterocycles. The molecule has 24 heavy (non-hydrogen) atoms. The number of aromatic carboxylic acids is 1. The first-order chi connectivity index (χ1) is 11.1. The van der Waals surface area contributed by atoms with Crippen molar-refractivity contribution < 1.29 is 14.3 Å². The molecule has 0 saturated carbocycles. The summed E-state index contributed by atoms with van der Waals surface area (Å²) in [4.78, 5) is 14.4. The monoisotopic (exact) mass is 348 g/mol. The van der Waals surface area contributed by atoms with Gasteiger partial charge >= 0.3 is 5.97 Å². The SMILES string of the molecule is Cl.NCCCc1c(C(=O)O)[nH]c2ccc(-c3cccc(F)c3)cc12. The maximum absolute atomic E-state index is 13.4. The molecule has 0 unspecified atom stereocenters. The van der Waals surface area contributed by atoms with E-state index >= 15 is 0 Å². The first-order valence-corrected chi connectivity index (χ1v) is 7.44. The Morgan fingerprint density at radius 1 is 1.17 bits per heavy atom. The molecule has 126 valence electrons. The van der Waals surface area contributed by atoms with Crippen LogP contribution in [-0.4, -0.2) is 22.6 Å². The molecule has 0 saturated heterocycles. The van der Waals surface area contributed by atoms with Crippen LogP contribution >= 0.6 is 12.4 Å². The second-order valence-electron chi connectivity index (χ2n) is 5.45. The number of carbonyl (C=O) groups is 1. The Balaban J connectivity index is 0.00000208. The van der Waals surface area contributed by atoms with Gasteiger partial charge in [0.15, 0.2) is 0 Å². The molecule has 1 heterocycles. The van der Waals surface area contributed by atoms with Crippen molar-refractivity contribution >= 4 is 29.3 Å². The van der Waals surface area contributed by atoms with Gasteiger partial charge in [0, 0.05) is 10.9 Å². The van der Waals surface area contributed by atoms with Gasteiger partial charge in [0.05, 0.1) is 0 Å². The lowest BCUT2D eigenvalue weighted by molar-refractivity contribution is 0.0690. The second kappa shape index (κ2) is 7.47. The maximum atomic E-state index is 13.4. The lowest BCUT2D eigenvalue weighted by atomic mass is 10.00. The summed E-state index contributed by atoms with van der Waals surface area (Å²) in [5.41, 5.74) is 8.87. The zero-order chi connectivity index (χ0) is 16.4. The number of H-pyrrole nitrogens is 1. The first-order valence-electron chi connectivity index (χ1n) is 7.44. The molecule has 0 atom stereocenters. The third-order valence-electron chi connectivity index (χ3n) is 3.91. The minimum Gasteiger partial charge on any atom is -0.477 e. The van der Waals surface area contributed by atoms with Gasteiger partial charge in [-0.2, -0.15) is 0 Å². The topological polar surface area (TPSA) is 79.1 Å². The number of nitrogens with one attached hydrogen (secondary N) is 1. The third-order valence-corrected chi connectivity index (χ3v) is 3.91. The molecule has 3 rings (SSSR count). The largest absolute Gasteiger partial charge is 0.477 e. The maximum Gasteiger partial charge on any atom is 0.352 e. The molecule has 0 aliphatic carbocycles. The predicted octanol–water partition coefficient (Wildman–Crippen LogP) is 3.99. The van der Waals surface area contributed by atoms with Crippen LogP contribution in [0.15, 0.2) is 42.5 Å². The Labute approximate surface area is 144 Å². The Morgan fingerprint density at radius 2 is 1.92 bits per heavy atom. The molecule has 6 heteroatoms. The normalized spacial score (nSPS) is 10.6. The number of aromatic amines is 1. The van der Waals surface area contributed by atoms with Crippen molar-refractivity contribution in [2.45, 2.75) is 12.8 Å². The summed E-state index contributed by atoms with van der Waals surface area (Å²) < 4.78 is 13.4. The summed E-state index contributed by atoms with van der Waals surface area (Å²) in [6.45, 7) is 0.495. The minimum absolute atomic E-state index is 0. The summed E-state index contributed by atoms with van der Waals surface area (Å²) in [5, 5.41) is 10.2. The van der Waals surface area contributed by atoms with Crippen molar-refractivity contribution in [3.8, 4) is 11.1 Å². The predicted molar refractivity (Wildman–Crippen MR) is 95.3 cm³/mol. The van der Waals surface area contributed by atoms with E-state index in [1.165, 1.54) is 12.1 Å². The van der Waals surface area contributed by atoms with E-state index in [2.05, 4.69) is 4.98 Å². The van der Waals surface area contributed by atoms with Crippen LogP contribution in [0.2, 0.25) is 0 Å². The van der Waals surface area contributed by atoms with Crippen LogP contribution in [0.25, 0.3) is 22.0 Å². The number of carboxylic acids is 1. The van der Waals surface area contributed by atoms with Crippen LogP contribution in [0.4, 0.5) is 4.39 Å². The highest BCUT2D eigenvalue weighted by Crippen LogP contribution is 2.29. The molecule has 0 aliphatic rings. The Bertz CT molecular complexity index is 877. The van der Waals surface area contributed by atoms with Gasteiger partial charge in [0.1, 0.15) is 11.5 Å². The Morgan fingerprint density at radius 3 is 2.58 bits per heavy atom. The van der Waals surface area contributed by atoms with E-state index in [9.17, 15) is 14.3 Å². The van der Waals surface area contributed by atoms with E-state index in [1.54, 1.807) is 6.07 Å². The van der Waals surface area contributed by atoms with Crippen molar-refractivity contribution in [3.05, 3.63) is 59.5 Å². The summed E-state index contributed by atoms with van der Waals surface area (Å²) in [6, 6.07) is 11.9. The van der Waals surface area contributed by atoms with Crippen LogP contribution in [0, 0.1) is 5.82 Å². The van der Waals surface area contributed by atoms with Crippen LogP contribution in [-0.2, 0) is 6.42 Å². The fourth-order valence-electron chi connectivity index (χ4n) is 2.82. The van der Waals surface area contributed by atoms with Crippen molar-refractivity contribution in [2.75, 3.05) is 6.54 Å². The molecule has 0 spiro atoms. The number of rotatable bonds is 5. The zero-order valence-corrected chi connectivity index (χ0v) is 13.7. The van der Waals surface area contributed by atoms with Crippen LogP contribution in [0.3, 0.4) is 0 Å². The Kier molecular flexibility index (Phi) is 5.59. The van der Waals surface area contributed by atoms with Gasteiger partial charge in [-0.25, -0.2) is 9.18 Å². The molecule has 0 bridgehead atoms. The fraction of sp³-hybridized carbons (Fsp3) is 0.167. The standard InChI is InChI=1S/C18H17FN2O2.ClH/c19-13-4-1-3-11(9-13)12-6-7-16-15(10-12)14(5-2-8-20)17(21-16)18(22)23;/h1,3-4,6-7,9-10,21H,2,5,8,20H2,(H,22,23);1H. The second-order valence-corrected chi connectivity index (χ2v) is 5.45. The van der Waals surface area contributed by atoms with Gasteiger partial charge in [-0.05, 0) is 60.3 Å². The van der Waals surface area contributed by atoms with E-state index < -0.39 is 5.97 Å². The number of hydrogen-bond donors (Lipinski definition) is 3. The first kappa shape index (κ1) is 18.0. The molecule has 4 N–H and O–H groups in total. The van der Waals surface area contributed by atoms with Crippen molar-refractivity contribution in [1.29, 1.82) is 0 Å². The molecular formula is C18H18ClFN2O2. The number of hydrogen-bond acceptors (Lipinski definition) is 2. The van der Waals surface area contributed by atoms with Gasteiger partial charge in [-0.15, -0.1) is 12.4 Å². The number of nitrogens with two attached hydrogens (primary N) is 1. The van der Waals surface area contributed by atoms with E-state index in [0.29, 0.717) is 19.4 Å². The highest BCUT2D eigenvalue weighted by molar-refractivity contribution is 5.98. The number of aryl methyl sites for hydroxylation is 1.